The lowest BCUT2D eigenvalue weighted by molar-refractivity contribution is 0.305. The van der Waals surface area contributed by atoms with Gasteiger partial charge < -0.3 is 15.6 Å². The fourth-order valence-electron chi connectivity index (χ4n) is 3.35. The zero-order valence-corrected chi connectivity index (χ0v) is 19.5. The first-order valence-corrected chi connectivity index (χ1v) is 11.3. The van der Waals surface area contributed by atoms with Gasteiger partial charge in [0.1, 0.15) is 17.3 Å². The maximum Gasteiger partial charge on any atom is 0.122 e. The van der Waals surface area contributed by atoms with Crippen molar-refractivity contribution in [1.29, 1.82) is 5.41 Å². The highest BCUT2D eigenvalue weighted by atomic mass is 16.5. The number of nitrogen functional groups attached to an aromatic ring is 1. The largest absolute Gasteiger partial charge is 0.508 e. The Bertz CT molecular complexity index is 933. The Morgan fingerprint density at radius 2 is 1.44 bits per heavy atom. The predicted molar refractivity (Wildman–Crippen MR) is 134 cm³/mol. The van der Waals surface area contributed by atoms with E-state index < -0.39 is 0 Å². The van der Waals surface area contributed by atoms with Gasteiger partial charge in [-0.25, -0.2) is 0 Å². The molecular formula is C28H36N2O2. The number of hydrogen-bond donors (Lipinski definition) is 3. The Balaban J connectivity index is 0.000000303. The first kappa shape index (κ1) is 25.0. The molecule has 0 aromatic heterocycles. The molecule has 0 aliphatic rings. The number of hydrogen-bond acceptors (Lipinski definition) is 3. The highest BCUT2D eigenvalue weighted by Crippen LogP contribution is 2.32. The summed E-state index contributed by atoms with van der Waals surface area (Å²) in [5.74, 6) is 1.18. The monoisotopic (exact) mass is 432 g/mol. The quantitative estimate of drug-likeness (QED) is 0.201. The van der Waals surface area contributed by atoms with Gasteiger partial charge in [0.2, 0.25) is 0 Å². The fraction of sp³-hybridized carbons (Fsp3) is 0.321. The first-order chi connectivity index (χ1) is 15.3. The molecule has 0 spiro atoms. The van der Waals surface area contributed by atoms with Crippen molar-refractivity contribution >= 4 is 5.84 Å². The Hall–Kier alpha value is -3.27. The lowest BCUT2D eigenvalue weighted by Gasteiger charge is -2.26. The van der Waals surface area contributed by atoms with Gasteiger partial charge in [0, 0.05) is 11.0 Å². The van der Waals surface area contributed by atoms with E-state index in [9.17, 15) is 0 Å². The van der Waals surface area contributed by atoms with Crippen molar-refractivity contribution in [2.24, 2.45) is 5.73 Å². The van der Waals surface area contributed by atoms with Crippen LogP contribution in [0.3, 0.4) is 0 Å². The molecule has 4 N–H and O–H groups in total. The van der Waals surface area contributed by atoms with Gasteiger partial charge in [0.25, 0.3) is 0 Å². The van der Waals surface area contributed by atoms with Crippen LogP contribution < -0.4 is 10.5 Å². The molecule has 0 fully saturated rings. The third-order valence-corrected chi connectivity index (χ3v) is 5.52. The number of unbranched alkanes of at least 4 members (excludes halogenated alkanes) is 3. The summed E-state index contributed by atoms with van der Waals surface area (Å²) in [4.78, 5) is 0. The Morgan fingerprint density at radius 3 is 2.00 bits per heavy atom. The molecule has 32 heavy (non-hydrogen) atoms. The molecule has 0 saturated heterocycles. The molecule has 0 heterocycles. The highest BCUT2D eigenvalue weighted by Gasteiger charge is 2.22. The van der Waals surface area contributed by atoms with Crippen molar-refractivity contribution in [1.82, 2.24) is 0 Å². The van der Waals surface area contributed by atoms with Crippen molar-refractivity contribution in [3.8, 4) is 11.5 Å². The van der Waals surface area contributed by atoms with Crippen LogP contribution in [-0.2, 0) is 5.41 Å². The maximum absolute atomic E-state index is 8.83. The topological polar surface area (TPSA) is 79.3 Å². The van der Waals surface area contributed by atoms with Gasteiger partial charge in [-0.1, -0.05) is 82.5 Å². The van der Waals surface area contributed by atoms with Gasteiger partial charge >= 0.3 is 0 Å². The van der Waals surface area contributed by atoms with Crippen molar-refractivity contribution in [3.63, 3.8) is 0 Å². The number of aromatic hydroxyl groups is 1. The second kappa shape index (κ2) is 12.6. The molecule has 0 aliphatic carbocycles. The maximum atomic E-state index is 8.83. The van der Waals surface area contributed by atoms with Gasteiger partial charge in [-0.3, -0.25) is 5.41 Å². The van der Waals surface area contributed by atoms with E-state index in [0.717, 1.165) is 18.8 Å². The van der Waals surface area contributed by atoms with Crippen molar-refractivity contribution in [2.75, 3.05) is 6.61 Å². The van der Waals surface area contributed by atoms with Crippen LogP contribution in [0.15, 0.2) is 78.9 Å². The molecule has 0 amide bonds. The summed E-state index contributed by atoms with van der Waals surface area (Å²) in [6.07, 6.45) is 4.97. The standard InChI is InChI=1S/C21H28O.C7H8N2O/c1-4-5-6-10-17-22-20-15-13-19(14-16-20)21(2,3)18-11-8-7-9-12-18;8-7(9)5-1-3-6(10)4-2-5/h7-9,11-16H,4-6,10,17H2,1-3H3;1-4,10H,(H3,8,9). The van der Waals surface area contributed by atoms with E-state index in [1.54, 1.807) is 12.1 Å². The number of benzene rings is 3. The Kier molecular flexibility index (Phi) is 9.80. The fourth-order valence-corrected chi connectivity index (χ4v) is 3.35. The smallest absolute Gasteiger partial charge is 0.122 e. The Labute approximate surface area is 192 Å². The van der Waals surface area contributed by atoms with Crippen molar-refractivity contribution < 1.29 is 9.84 Å². The third-order valence-electron chi connectivity index (χ3n) is 5.52. The summed E-state index contributed by atoms with van der Waals surface area (Å²) in [5, 5.41) is 15.8. The van der Waals surface area contributed by atoms with Gasteiger partial charge in [-0.15, -0.1) is 0 Å². The van der Waals surface area contributed by atoms with Crippen LogP contribution in [0.1, 0.15) is 63.1 Å². The molecule has 0 atom stereocenters. The molecule has 3 aromatic carbocycles. The molecule has 0 radical (unpaired) electrons. The molecule has 3 aromatic rings. The summed E-state index contributed by atoms with van der Waals surface area (Å²) < 4.78 is 5.83. The van der Waals surface area contributed by atoms with Crippen LogP contribution in [-0.4, -0.2) is 17.5 Å². The van der Waals surface area contributed by atoms with Crippen LogP contribution in [0.5, 0.6) is 11.5 Å². The summed E-state index contributed by atoms with van der Waals surface area (Å²) in [5.41, 5.74) is 8.46. The van der Waals surface area contributed by atoms with E-state index in [2.05, 4.69) is 75.4 Å². The summed E-state index contributed by atoms with van der Waals surface area (Å²) in [6.45, 7) is 7.58. The van der Waals surface area contributed by atoms with Gasteiger partial charge in [0.15, 0.2) is 0 Å². The summed E-state index contributed by atoms with van der Waals surface area (Å²) >= 11 is 0. The molecule has 4 nitrogen and oxygen atoms in total. The molecule has 170 valence electrons. The van der Waals surface area contributed by atoms with Gasteiger partial charge in [-0.05, 0) is 53.9 Å². The first-order valence-electron chi connectivity index (χ1n) is 11.3. The van der Waals surface area contributed by atoms with E-state index in [1.807, 2.05) is 0 Å². The normalized spacial score (nSPS) is 10.7. The van der Waals surface area contributed by atoms with Crippen LogP contribution >= 0.6 is 0 Å². The number of nitrogens with one attached hydrogen (secondary N) is 1. The molecule has 0 aliphatic heterocycles. The third kappa shape index (κ3) is 7.77. The van der Waals surface area contributed by atoms with Gasteiger partial charge in [0.05, 0.1) is 6.61 Å². The minimum absolute atomic E-state index is 0.0139. The van der Waals surface area contributed by atoms with Gasteiger partial charge in [-0.2, -0.15) is 0 Å². The molecule has 0 bridgehead atoms. The lowest BCUT2D eigenvalue weighted by atomic mass is 9.78. The van der Waals surface area contributed by atoms with Crippen LogP contribution in [0.25, 0.3) is 0 Å². The van der Waals surface area contributed by atoms with E-state index >= 15 is 0 Å². The molecule has 0 unspecified atom stereocenters. The lowest BCUT2D eigenvalue weighted by Crippen LogP contribution is -2.18. The zero-order chi connectivity index (χ0) is 23.4. The van der Waals surface area contributed by atoms with E-state index in [0.29, 0.717) is 5.56 Å². The SMILES string of the molecule is CCCCCCOc1ccc(C(C)(C)c2ccccc2)cc1.N=C(N)c1ccc(O)cc1. The molecular weight excluding hydrogens is 396 g/mol. The van der Waals surface area contributed by atoms with E-state index in [1.165, 1.54) is 42.5 Å². The van der Waals surface area contributed by atoms with E-state index in [4.69, 9.17) is 21.0 Å². The number of phenolic OH excluding ortho intramolecular Hbond substituents is 1. The number of phenols is 1. The summed E-state index contributed by atoms with van der Waals surface area (Å²) in [6, 6.07) is 25.4. The average Bonchev–Trinajstić information content (AvgIpc) is 2.80. The average molecular weight is 433 g/mol. The van der Waals surface area contributed by atoms with E-state index in [-0.39, 0.29) is 17.0 Å². The minimum atomic E-state index is 0.0139. The highest BCUT2D eigenvalue weighted by molar-refractivity contribution is 5.94. The summed E-state index contributed by atoms with van der Waals surface area (Å²) in [7, 11) is 0. The van der Waals surface area contributed by atoms with Crippen LogP contribution in [0.4, 0.5) is 0 Å². The van der Waals surface area contributed by atoms with Crippen LogP contribution in [0.2, 0.25) is 0 Å². The number of nitrogens with two attached hydrogens (primary N) is 1. The number of ether oxygens (including phenoxy) is 1. The van der Waals surface area contributed by atoms with Crippen molar-refractivity contribution in [3.05, 3.63) is 95.6 Å². The molecule has 3 rings (SSSR count). The number of amidine groups is 1. The van der Waals surface area contributed by atoms with Crippen molar-refractivity contribution in [2.45, 2.75) is 51.9 Å². The Morgan fingerprint density at radius 1 is 0.844 bits per heavy atom. The molecule has 0 saturated carbocycles. The zero-order valence-electron chi connectivity index (χ0n) is 19.5. The second-order valence-corrected chi connectivity index (χ2v) is 8.39. The second-order valence-electron chi connectivity index (χ2n) is 8.39. The minimum Gasteiger partial charge on any atom is -0.508 e. The predicted octanol–water partition coefficient (Wildman–Crippen LogP) is 6.65. The number of rotatable bonds is 9. The molecule has 4 heteroatoms. The van der Waals surface area contributed by atoms with Crippen LogP contribution in [0, 0.1) is 5.41 Å².